The highest BCUT2D eigenvalue weighted by Crippen LogP contribution is 2.53. The summed E-state index contributed by atoms with van der Waals surface area (Å²) in [6.45, 7) is 1.04. The summed E-state index contributed by atoms with van der Waals surface area (Å²) in [6.07, 6.45) is 4.00. The van der Waals surface area contributed by atoms with Crippen LogP contribution in [0.15, 0.2) is 84.9 Å². The summed E-state index contributed by atoms with van der Waals surface area (Å²) >= 11 is 0. The van der Waals surface area contributed by atoms with Crippen molar-refractivity contribution in [2.75, 3.05) is 13.6 Å². The molecule has 4 rings (SSSR count). The minimum absolute atomic E-state index is 0.369. The Kier molecular flexibility index (Phi) is 7.15. The van der Waals surface area contributed by atoms with Gasteiger partial charge in [0.05, 0.1) is 0 Å². The molecule has 150 valence electrons. The molecule has 4 atom stereocenters. The number of hydrogen-bond donors (Lipinski definition) is 1. The molecule has 3 aromatic carbocycles. The largest absolute Gasteiger partial charge is 0.319 e. The van der Waals surface area contributed by atoms with Crippen LogP contribution < -0.4 is 21.2 Å². The molecule has 0 amide bonds. The van der Waals surface area contributed by atoms with Gasteiger partial charge >= 0.3 is 0 Å². The summed E-state index contributed by atoms with van der Waals surface area (Å²) in [5, 5.41) is 7.90. The van der Waals surface area contributed by atoms with Gasteiger partial charge in [0.25, 0.3) is 0 Å². The van der Waals surface area contributed by atoms with Crippen LogP contribution in [0.25, 0.3) is 0 Å². The summed E-state index contributed by atoms with van der Waals surface area (Å²) in [5.74, 6) is 1.26. The second-order valence-corrected chi connectivity index (χ2v) is 11.1. The lowest BCUT2D eigenvalue weighted by Crippen LogP contribution is -2.33. The van der Waals surface area contributed by atoms with Gasteiger partial charge in [-0.2, -0.15) is 0 Å². The summed E-state index contributed by atoms with van der Waals surface area (Å²) in [7, 11) is 4.70. The standard InChI is InChI=1S/C26H31NP2/c1-27-19-24(22-15-8-9-17-25(22)28)23-16-10-18-26(23)29(20-11-4-2-5-12-20)21-13-6-3-7-14-21/h2-9,11-15,17,23-24,26-27H,10,16,18-19,28H2,1H3/t23?,24-,26?/m1/s1. The predicted octanol–water partition coefficient (Wildman–Crippen LogP) is 4.79. The third-order valence-electron chi connectivity index (χ3n) is 6.27. The Balaban J connectivity index is 1.75. The molecule has 29 heavy (non-hydrogen) atoms. The lowest BCUT2D eigenvalue weighted by atomic mass is 9.84. The fraction of sp³-hybridized carbons (Fsp3) is 0.308. The highest BCUT2D eigenvalue weighted by Gasteiger charge is 2.40. The van der Waals surface area contributed by atoms with E-state index in [2.05, 4.69) is 107 Å². The van der Waals surface area contributed by atoms with Crippen LogP contribution in [0.2, 0.25) is 0 Å². The summed E-state index contributed by atoms with van der Waals surface area (Å²) in [4.78, 5) is 0. The number of hydrogen-bond acceptors (Lipinski definition) is 1. The zero-order chi connectivity index (χ0) is 20.1. The third kappa shape index (κ3) is 4.64. The van der Waals surface area contributed by atoms with E-state index in [-0.39, 0.29) is 7.92 Å². The zero-order valence-electron chi connectivity index (χ0n) is 17.2. The van der Waals surface area contributed by atoms with Crippen LogP contribution in [0.5, 0.6) is 0 Å². The number of benzene rings is 3. The Morgan fingerprint density at radius 2 is 1.45 bits per heavy atom. The van der Waals surface area contributed by atoms with Crippen molar-refractivity contribution in [2.45, 2.75) is 30.8 Å². The van der Waals surface area contributed by atoms with Gasteiger partial charge in [0.15, 0.2) is 0 Å². The maximum atomic E-state index is 3.51. The van der Waals surface area contributed by atoms with E-state index >= 15 is 0 Å². The number of nitrogens with one attached hydrogen (secondary N) is 1. The molecule has 0 aromatic heterocycles. The molecular formula is C26H31NP2. The van der Waals surface area contributed by atoms with E-state index in [9.17, 15) is 0 Å². The lowest BCUT2D eigenvalue weighted by Gasteiger charge is -2.35. The minimum Gasteiger partial charge on any atom is -0.319 e. The maximum Gasteiger partial charge on any atom is 0.00202 e. The monoisotopic (exact) mass is 419 g/mol. The van der Waals surface area contributed by atoms with Crippen LogP contribution in [0.1, 0.15) is 30.7 Å². The molecule has 0 radical (unpaired) electrons. The Bertz CT molecular complexity index is 857. The van der Waals surface area contributed by atoms with Gasteiger partial charge in [0.2, 0.25) is 0 Å². The van der Waals surface area contributed by atoms with Crippen molar-refractivity contribution in [2.24, 2.45) is 5.92 Å². The van der Waals surface area contributed by atoms with Gasteiger partial charge in [-0.05, 0) is 60.9 Å². The first kappa shape index (κ1) is 20.7. The Morgan fingerprint density at radius 1 is 0.862 bits per heavy atom. The summed E-state index contributed by atoms with van der Waals surface area (Å²) in [5.41, 5.74) is 2.22. The smallest absolute Gasteiger partial charge is 0.00202 e. The molecule has 0 spiro atoms. The van der Waals surface area contributed by atoms with E-state index in [0.29, 0.717) is 11.8 Å². The molecule has 1 fully saturated rings. The lowest BCUT2D eigenvalue weighted by molar-refractivity contribution is 0.428. The van der Waals surface area contributed by atoms with E-state index in [1.165, 1.54) is 40.7 Å². The second-order valence-electron chi connectivity index (χ2n) is 8.00. The van der Waals surface area contributed by atoms with E-state index in [1.807, 2.05) is 0 Å². The van der Waals surface area contributed by atoms with Crippen molar-refractivity contribution in [3.63, 3.8) is 0 Å². The van der Waals surface area contributed by atoms with Gasteiger partial charge in [-0.25, -0.2) is 0 Å². The van der Waals surface area contributed by atoms with Crippen molar-refractivity contribution in [3.8, 4) is 0 Å². The van der Waals surface area contributed by atoms with Crippen molar-refractivity contribution in [1.29, 1.82) is 0 Å². The Hall–Kier alpha value is -1.52. The van der Waals surface area contributed by atoms with E-state index in [4.69, 9.17) is 0 Å². The fourth-order valence-corrected chi connectivity index (χ4v) is 8.68. The van der Waals surface area contributed by atoms with Crippen molar-refractivity contribution in [3.05, 3.63) is 90.5 Å². The molecule has 1 aliphatic rings. The van der Waals surface area contributed by atoms with Crippen LogP contribution in [-0.2, 0) is 0 Å². The third-order valence-corrected chi connectivity index (χ3v) is 9.81. The van der Waals surface area contributed by atoms with Crippen LogP contribution in [0.4, 0.5) is 0 Å². The molecule has 3 aromatic rings. The van der Waals surface area contributed by atoms with Gasteiger partial charge in [0.1, 0.15) is 0 Å². The molecule has 0 saturated heterocycles. The van der Waals surface area contributed by atoms with Gasteiger partial charge < -0.3 is 5.32 Å². The van der Waals surface area contributed by atoms with Gasteiger partial charge in [-0.1, -0.05) is 91.3 Å². The molecule has 3 unspecified atom stereocenters. The van der Waals surface area contributed by atoms with Crippen molar-refractivity contribution < 1.29 is 0 Å². The second kappa shape index (κ2) is 9.99. The Morgan fingerprint density at radius 3 is 2.03 bits per heavy atom. The van der Waals surface area contributed by atoms with Crippen molar-refractivity contribution >= 4 is 33.1 Å². The van der Waals surface area contributed by atoms with E-state index < -0.39 is 0 Å². The zero-order valence-corrected chi connectivity index (χ0v) is 19.2. The average Bonchev–Trinajstić information content (AvgIpc) is 3.23. The van der Waals surface area contributed by atoms with Gasteiger partial charge in [-0.15, -0.1) is 9.24 Å². The molecule has 0 aliphatic heterocycles. The molecular weight excluding hydrogens is 388 g/mol. The quantitative estimate of drug-likeness (QED) is 0.543. The predicted molar refractivity (Wildman–Crippen MR) is 133 cm³/mol. The molecule has 1 aliphatic carbocycles. The van der Waals surface area contributed by atoms with E-state index in [1.54, 1.807) is 0 Å². The Labute approximate surface area is 179 Å². The topological polar surface area (TPSA) is 12.0 Å². The van der Waals surface area contributed by atoms with Crippen LogP contribution in [0, 0.1) is 5.92 Å². The molecule has 1 N–H and O–H groups in total. The first-order chi connectivity index (χ1) is 14.3. The number of likely N-dealkylation sites (N-methyl/N-ethyl adjacent to an activating group) is 1. The van der Waals surface area contributed by atoms with Crippen LogP contribution in [-0.4, -0.2) is 19.3 Å². The van der Waals surface area contributed by atoms with Crippen molar-refractivity contribution in [1.82, 2.24) is 5.32 Å². The fourth-order valence-electron chi connectivity index (χ4n) is 5.03. The normalized spacial score (nSPS) is 20.1. The summed E-state index contributed by atoms with van der Waals surface area (Å²) in [6, 6.07) is 31.5. The first-order valence-corrected chi connectivity index (χ1v) is 12.7. The highest BCUT2D eigenvalue weighted by atomic mass is 31.1. The molecule has 3 heteroatoms. The molecule has 1 saturated carbocycles. The molecule has 0 bridgehead atoms. The SMILES string of the molecule is CNC[C@H](c1ccccc1P)C1CCCC1P(c1ccccc1)c1ccccc1. The molecule has 0 heterocycles. The highest BCUT2D eigenvalue weighted by molar-refractivity contribution is 7.73. The van der Waals surface area contributed by atoms with Gasteiger partial charge in [0, 0.05) is 12.5 Å². The minimum atomic E-state index is -0.369. The maximum absolute atomic E-state index is 3.51. The first-order valence-electron chi connectivity index (χ1n) is 10.7. The average molecular weight is 419 g/mol. The van der Waals surface area contributed by atoms with Gasteiger partial charge in [-0.3, -0.25) is 0 Å². The van der Waals surface area contributed by atoms with Crippen LogP contribution in [0.3, 0.4) is 0 Å². The molecule has 1 nitrogen and oxygen atoms in total. The van der Waals surface area contributed by atoms with Crippen LogP contribution >= 0.6 is 17.2 Å². The number of rotatable bonds is 7. The summed E-state index contributed by atoms with van der Waals surface area (Å²) < 4.78 is 0. The van der Waals surface area contributed by atoms with E-state index in [0.717, 1.165) is 12.2 Å².